The molecule has 0 bridgehead atoms. The minimum absolute atomic E-state index is 0. The van der Waals surface area contributed by atoms with Gasteiger partial charge in [0.15, 0.2) is 0 Å². The number of likely N-dealkylation sites (N-methyl/N-ethyl adjacent to an activating group) is 1. The van der Waals surface area contributed by atoms with Crippen molar-refractivity contribution >= 4 is 0 Å². The van der Waals surface area contributed by atoms with Crippen molar-refractivity contribution < 1.29 is 43.3 Å². The highest BCUT2D eigenvalue weighted by Gasteiger charge is 2.47. The zero-order valence-electron chi connectivity index (χ0n) is 40.7. The van der Waals surface area contributed by atoms with Crippen LogP contribution in [-0.4, -0.2) is 76.6 Å². The molecule has 0 saturated carbocycles. The van der Waals surface area contributed by atoms with E-state index in [1.807, 2.05) is 30.3 Å². The maximum absolute atomic E-state index is 5.99. The predicted molar refractivity (Wildman–Crippen MR) is 252 cm³/mol. The van der Waals surface area contributed by atoms with E-state index in [1.165, 1.54) is 164 Å². The number of benzene rings is 2. The van der Waals surface area contributed by atoms with Crippen molar-refractivity contribution in [2.75, 3.05) is 67.6 Å². The van der Waals surface area contributed by atoms with Crippen LogP contribution in [0.2, 0.25) is 0 Å². The van der Waals surface area contributed by atoms with E-state index in [-0.39, 0.29) is 30.4 Å². The molecule has 0 aliphatic rings. The number of hydrogen-bond acceptors (Lipinski definition) is 2. The molecule has 0 amide bonds. The van der Waals surface area contributed by atoms with Crippen molar-refractivity contribution in [1.29, 1.82) is 0 Å². The summed E-state index contributed by atoms with van der Waals surface area (Å²) in [5.74, 6) is 2.15. The molecule has 2 aromatic carbocycles. The van der Waals surface area contributed by atoms with Crippen molar-refractivity contribution in [3.05, 3.63) is 66.2 Å². The lowest BCUT2D eigenvalue weighted by Gasteiger charge is -2.51. The maximum atomic E-state index is 5.99. The van der Waals surface area contributed by atoms with Gasteiger partial charge in [0.25, 0.3) is 0 Å². The van der Waals surface area contributed by atoms with E-state index >= 15 is 0 Å². The Kier molecular flexibility index (Phi) is 37.8. The first kappa shape index (κ1) is 59.8. The average Bonchev–Trinajstić information content (AvgIpc) is 3.18. The quantitative estimate of drug-likeness (QED) is 0.0509. The zero-order chi connectivity index (χ0) is 42.1. The molecule has 346 valence electrons. The molecule has 0 saturated heterocycles. The van der Waals surface area contributed by atoms with E-state index in [1.54, 1.807) is 0 Å². The Morgan fingerprint density at radius 2 is 0.831 bits per heavy atom. The summed E-state index contributed by atoms with van der Waals surface area (Å²) in [6, 6.07) is 21.1. The SMILES string of the molecule is CC(C)CC(CC(C)C)(c1ccccc1)[N+](C)(C)CCOCCOc1ccccc1.CCCCCCCCCCCC[N+](C)(C)CCCCCCCCCCCC.[Cl-].[Cl-]. The summed E-state index contributed by atoms with van der Waals surface area (Å²) < 4.78 is 13.9. The second kappa shape index (κ2) is 37.3. The summed E-state index contributed by atoms with van der Waals surface area (Å²) in [5, 5.41) is 0. The van der Waals surface area contributed by atoms with Crippen LogP contribution in [0, 0.1) is 11.8 Å². The van der Waals surface area contributed by atoms with Gasteiger partial charge in [-0.3, -0.25) is 0 Å². The smallest absolute Gasteiger partial charge is 0.125 e. The summed E-state index contributed by atoms with van der Waals surface area (Å²) in [6.45, 7) is 19.6. The molecule has 4 nitrogen and oxygen atoms in total. The highest BCUT2D eigenvalue weighted by molar-refractivity contribution is 5.23. The van der Waals surface area contributed by atoms with Crippen LogP contribution in [0.25, 0.3) is 0 Å². The van der Waals surface area contributed by atoms with Crippen LogP contribution in [0.15, 0.2) is 60.7 Å². The molecule has 0 N–H and O–H groups in total. The van der Waals surface area contributed by atoms with E-state index in [2.05, 4.69) is 100 Å². The summed E-state index contributed by atoms with van der Waals surface area (Å²) >= 11 is 0. The molecule has 0 atom stereocenters. The molecule has 59 heavy (non-hydrogen) atoms. The van der Waals surface area contributed by atoms with Gasteiger partial charge in [0.2, 0.25) is 0 Å². The Hall–Kier alpha value is -1.30. The molecule has 0 unspecified atom stereocenters. The van der Waals surface area contributed by atoms with Gasteiger partial charge in [0.1, 0.15) is 24.4 Å². The van der Waals surface area contributed by atoms with Gasteiger partial charge < -0.3 is 43.3 Å². The first-order chi connectivity index (χ1) is 27.4. The summed E-state index contributed by atoms with van der Waals surface area (Å²) in [6.07, 6.45) is 31.3. The number of quaternary nitrogens is 2. The van der Waals surface area contributed by atoms with Gasteiger partial charge in [0, 0.05) is 18.4 Å². The lowest BCUT2D eigenvalue weighted by Crippen LogP contribution is -3.00. The lowest BCUT2D eigenvalue weighted by atomic mass is 9.74. The largest absolute Gasteiger partial charge is 1.00 e. The molecule has 2 aromatic rings. The fourth-order valence-electron chi connectivity index (χ4n) is 8.77. The lowest BCUT2D eigenvalue weighted by molar-refractivity contribution is -0.952. The fourth-order valence-corrected chi connectivity index (χ4v) is 8.77. The van der Waals surface area contributed by atoms with Gasteiger partial charge in [-0.15, -0.1) is 0 Å². The van der Waals surface area contributed by atoms with Crippen LogP contribution in [0.1, 0.15) is 188 Å². The van der Waals surface area contributed by atoms with Crippen molar-refractivity contribution in [3.8, 4) is 5.75 Å². The van der Waals surface area contributed by atoms with Crippen molar-refractivity contribution in [2.45, 2.75) is 188 Å². The zero-order valence-corrected chi connectivity index (χ0v) is 42.2. The van der Waals surface area contributed by atoms with Crippen LogP contribution in [-0.2, 0) is 10.3 Å². The van der Waals surface area contributed by atoms with Crippen LogP contribution < -0.4 is 29.6 Å². The molecule has 0 aliphatic carbocycles. The maximum Gasteiger partial charge on any atom is 0.125 e. The van der Waals surface area contributed by atoms with Crippen LogP contribution in [0.3, 0.4) is 0 Å². The third kappa shape index (κ3) is 29.6. The van der Waals surface area contributed by atoms with E-state index < -0.39 is 0 Å². The average molecular weight is 866 g/mol. The molecule has 0 aromatic heterocycles. The molecule has 0 aliphatic heterocycles. The van der Waals surface area contributed by atoms with Crippen molar-refractivity contribution in [3.63, 3.8) is 0 Å². The van der Waals surface area contributed by atoms with E-state index in [9.17, 15) is 0 Å². The highest BCUT2D eigenvalue weighted by atomic mass is 35.5. The molecule has 0 fully saturated rings. The molecule has 0 radical (unpaired) electrons. The van der Waals surface area contributed by atoms with Gasteiger partial charge >= 0.3 is 0 Å². The minimum atomic E-state index is 0. The van der Waals surface area contributed by atoms with E-state index in [4.69, 9.17) is 9.47 Å². The van der Waals surface area contributed by atoms with Gasteiger partial charge in [-0.1, -0.05) is 193 Å². The van der Waals surface area contributed by atoms with Gasteiger partial charge in [-0.25, -0.2) is 0 Å². The number of halogens is 2. The highest BCUT2D eigenvalue weighted by Crippen LogP contribution is 2.43. The number of nitrogens with zero attached hydrogens (tertiary/aromatic N) is 2. The second-order valence-electron chi connectivity index (χ2n) is 19.5. The first-order valence-corrected chi connectivity index (χ1v) is 24.3. The topological polar surface area (TPSA) is 18.5 Å². The molecule has 0 spiro atoms. The van der Waals surface area contributed by atoms with Crippen molar-refractivity contribution in [2.24, 2.45) is 11.8 Å². The normalized spacial score (nSPS) is 11.9. The van der Waals surface area contributed by atoms with Gasteiger partial charge in [-0.05, 0) is 49.7 Å². The number of hydrogen-bond donors (Lipinski definition) is 0. The van der Waals surface area contributed by atoms with Crippen molar-refractivity contribution in [1.82, 2.24) is 0 Å². The Balaban J connectivity index is 0. The first-order valence-electron chi connectivity index (χ1n) is 24.3. The Morgan fingerprint density at radius 3 is 1.22 bits per heavy atom. The monoisotopic (exact) mass is 865 g/mol. The third-order valence-corrected chi connectivity index (χ3v) is 12.2. The molecular weight excluding hydrogens is 768 g/mol. The number of para-hydroxylation sites is 1. The van der Waals surface area contributed by atoms with Crippen LogP contribution in [0.4, 0.5) is 0 Å². The number of ether oxygens (including phenoxy) is 2. The number of unbranched alkanes of at least 4 members (excludes halogenated alkanes) is 18. The van der Waals surface area contributed by atoms with Crippen LogP contribution in [0.5, 0.6) is 5.75 Å². The molecule has 0 heterocycles. The predicted octanol–water partition coefficient (Wildman–Crippen LogP) is 9.06. The fraction of sp³-hybridized carbons (Fsp3) is 0.774. The van der Waals surface area contributed by atoms with Gasteiger partial charge in [0.05, 0.1) is 54.5 Å². The Morgan fingerprint density at radius 1 is 0.458 bits per heavy atom. The molecular formula is C53H98Cl2N2O2. The van der Waals surface area contributed by atoms with Gasteiger partial charge in [-0.2, -0.15) is 0 Å². The standard InChI is InChI=1S/C27H42NO2.C26H56N.2ClH/c1-23(2)21-27(22-24(3)4,25-13-9-7-10-14-25)28(5,6)17-18-29-19-20-30-26-15-11-8-12-16-26;1-5-7-9-11-13-15-17-19-21-23-25-27(3,4)26-24-22-20-18-16-14-12-10-8-6-2;;/h7-16,23-24H,17-22H2,1-6H3;5-26H2,1-4H3;2*1H/q2*+1;;/p-2. The molecule has 2 rings (SSSR count). The van der Waals surface area contributed by atoms with E-state index in [0.717, 1.165) is 23.4 Å². The van der Waals surface area contributed by atoms with E-state index in [0.29, 0.717) is 25.0 Å². The third-order valence-electron chi connectivity index (χ3n) is 12.2. The van der Waals surface area contributed by atoms with Crippen LogP contribution >= 0.6 is 0 Å². The minimum Gasteiger partial charge on any atom is -1.00 e. The number of rotatable bonds is 35. The summed E-state index contributed by atoms with van der Waals surface area (Å²) in [7, 11) is 9.64. The summed E-state index contributed by atoms with van der Waals surface area (Å²) in [4.78, 5) is 0. The summed E-state index contributed by atoms with van der Waals surface area (Å²) in [5.41, 5.74) is 1.53. The molecule has 6 heteroatoms. The Bertz CT molecular complexity index is 1120. The second-order valence-corrected chi connectivity index (χ2v) is 19.5. The Labute approximate surface area is 381 Å².